The third-order valence-corrected chi connectivity index (χ3v) is 5.47. The molecule has 1 N–H and O–H groups in total. The monoisotopic (exact) mass is 399 g/mol. The fourth-order valence-corrected chi connectivity index (χ4v) is 3.48. The Hall–Kier alpha value is -2.74. The zero-order valence-corrected chi connectivity index (χ0v) is 17.4. The van der Waals surface area contributed by atoms with Crippen LogP contribution < -0.4 is 10.9 Å². The molecule has 0 saturated carbocycles. The van der Waals surface area contributed by atoms with Crippen molar-refractivity contribution < 1.29 is 9.59 Å². The Balaban J connectivity index is 1.56. The van der Waals surface area contributed by atoms with E-state index >= 15 is 0 Å². The van der Waals surface area contributed by atoms with Crippen molar-refractivity contribution in [1.29, 1.82) is 0 Å². The van der Waals surface area contributed by atoms with Gasteiger partial charge in [0.1, 0.15) is 6.54 Å². The first-order valence-corrected chi connectivity index (χ1v) is 10.1. The van der Waals surface area contributed by atoms with Crippen LogP contribution in [-0.4, -0.2) is 69.9 Å². The molecule has 0 bridgehead atoms. The molecule has 1 aliphatic heterocycles. The van der Waals surface area contributed by atoms with Crippen LogP contribution in [0, 0.1) is 6.92 Å². The molecule has 8 nitrogen and oxygen atoms in total. The molecule has 1 aromatic carbocycles. The molecule has 8 heteroatoms. The SMILES string of the molecule is CCC(C)NC(=O)CN1CCN(C(=O)Cn2cnc3c(C)cccc3c2=O)CC1. The number of nitrogens with zero attached hydrogens (tertiary/aromatic N) is 4. The highest BCUT2D eigenvalue weighted by atomic mass is 16.2. The summed E-state index contributed by atoms with van der Waals surface area (Å²) in [6.07, 6.45) is 2.35. The molecule has 2 aromatic rings. The van der Waals surface area contributed by atoms with E-state index in [2.05, 4.69) is 10.3 Å². The van der Waals surface area contributed by atoms with E-state index in [4.69, 9.17) is 0 Å². The number of para-hydroxylation sites is 1. The van der Waals surface area contributed by atoms with Crippen LogP contribution in [0.5, 0.6) is 0 Å². The first-order valence-electron chi connectivity index (χ1n) is 10.1. The van der Waals surface area contributed by atoms with Gasteiger partial charge in [-0.2, -0.15) is 0 Å². The zero-order chi connectivity index (χ0) is 21.0. The number of nitrogens with one attached hydrogen (secondary N) is 1. The minimum Gasteiger partial charge on any atom is -0.353 e. The highest BCUT2D eigenvalue weighted by Gasteiger charge is 2.23. The predicted octanol–water partition coefficient (Wildman–Crippen LogP) is 0.764. The van der Waals surface area contributed by atoms with Crippen LogP contribution in [0.1, 0.15) is 25.8 Å². The Labute approximate surface area is 170 Å². The van der Waals surface area contributed by atoms with Gasteiger partial charge >= 0.3 is 0 Å². The number of amides is 2. The van der Waals surface area contributed by atoms with Gasteiger partial charge in [-0.25, -0.2) is 4.98 Å². The van der Waals surface area contributed by atoms with E-state index in [1.54, 1.807) is 11.0 Å². The van der Waals surface area contributed by atoms with Crippen LogP contribution in [0.25, 0.3) is 10.9 Å². The molecule has 1 aliphatic rings. The molecule has 0 aliphatic carbocycles. The van der Waals surface area contributed by atoms with E-state index in [1.165, 1.54) is 10.9 Å². The Bertz CT molecular complexity index is 947. The number of benzene rings is 1. The average Bonchev–Trinajstić information content (AvgIpc) is 2.71. The van der Waals surface area contributed by atoms with Gasteiger partial charge in [0, 0.05) is 32.2 Å². The lowest BCUT2D eigenvalue weighted by atomic mass is 10.1. The number of hydrogen-bond acceptors (Lipinski definition) is 5. The Morgan fingerprint density at radius 1 is 1.17 bits per heavy atom. The van der Waals surface area contributed by atoms with Gasteiger partial charge in [-0.15, -0.1) is 0 Å². The molecule has 1 atom stereocenters. The first kappa shape index (κ1) is 21.0. The second-order valence-corrected chi connectivity index (χ2v) is 7.68. The Kier molecular flexibility index (Phi) is 6.64. The van der Waals surface area contributed by atoms with Gasteiger partial charge in [0.2, 0.25) is 11.8 Å². The van der Waals surface area contributed by atoms with E-state index in [-0.39, 0.29) is 30.0 Å². The third kappa shape index (κ3) is 5.00. The number of carbonyl (C=O) groups excluding carboxylic acids is 2. The second-order valence-electron chi connectivity index (χ2n) is 7.68. The lowest BCUT2D eigenvalue weighted by molar-refractivity contribution is -0.134. The summed E-state index contributed by atoms with van der Waals surface area (Å²) >= 11 is 0. The zero-order valence-electron chi connectivity index (χ0n) is 17.4. The fourth-order valence-electron chi connectivity index (χ4n) is 3.48. The number of aromatic nitrogens is 2. The topological polar surface area (TPSA) is 87.5 Å². The van der Waals surface area contributed by atoms with Gasteiger partial charge < -0.3 is 10.2 Å². The first-order chi connectivity index (χ1) is 13.9. The van der Waals surface area contributed by atoms with Crippen LogP contribution in [0.2, 0.25) is 0 Å². The lowest BCUT2D eigenvalue weighted by Gasteiger charge is -2.34. The van der Waals surface area contributed by atoms with Crippen molar-refractivity contribution in [2.75, 3.05) is 32.7 Å². The van der Waals surface area contributed by atoms with Crippen molar-refractivity contribution in [1.82, 2.24) is 24.7 Å². The van der Waals surface area contributed by atoms with Crippen LogP contribution in [0.3, 0.4) is 0 Å². The standard InChI is InChI=1S/C21H29N5O3/c1-4-16(3)23-18(27)12-24-8-10-25(11-9-24)19(28)13-26-14-22-20-15(2)6-5-7-17(20)21(26)29/h5-7,14,16H,4,8-13H2,1-3H3,(H,23,27). The number of hydrogen-bond donors (Lipinski definition) is 1. The normalized spacial score (nSPS) is 16.0. The summed E-state index contributed by atoms with van der Waals surface area (Å²) in [5.74, 6) is -0.0900. The third-order valence-electron chi connectivity index (χ3n) is 5.47. The molecule has 1 unspecified atom stereocenters. The smallest absolute Gasteiger partial charge is 0.261 e. The van der Waals surface area contributed by atoms with E-state index in [1.807, 2.05) is 37.8 Å². The lowest BCUT2D eigenvalue weighted by Crippen LogP contribution is -2.52. The maximum absolute atomic E-state index is 12.7. The molecule has 156 valence electrons. The molecule has 1 aromatic heterocycles. The molecule has 2 heterocycles. The Morgan fingerprint density at radius 3 is 2.59 bits per heavy atom. The highest BCUT2D eigenvalue weighted by Crippen LogP contribution is 2.11. The summed E-state index contributed by atoms with van der Waals surface area (Å²) in [5.41, 5.74) is 1.41. The quantitative estimate of drug-likeness (QED) is 0.775. The predicted molar refractivity (Wildman–Crippen MR) is 112 cm³/mol. The summed E-state index contributed by atoms with van der Waals surface area (Å²) in [4.78, 5) is 45.5. The highest BCUT2D eigenvalue weighted by molar-refractivity contribution is 5.81. The van der Waals surface area contributed by atoms with Crippen molar-refractivity contribution in [3.8, 4) is 0 Å². The molecule has 29 heavy (non-hydrogen) atoms. The van der Waals surface area contributed by atoms with Crippen LogP contribution in [0.15, 0.2) is 29.3 Å². The molecule has 0 spiro atoms. The van der Waals surface area contributed by atoms with Gasteiger partial charge in [0.05, 0.1) is 23.8 Å². The fraction of sp³-hybridized carbons (Fsp3) is 0.524. The van der Waals surface area contributed by atoms with Crippen molar-refractivity contribution >= 4 is 22.7 Å². The van der Waals surface area contributed by atoms with E-state index in [0.717, 1.165) is 12.0 Å². The van der Waals surface area contributed by atoms with E-state index < -0.39 is 0 Å². The maximum Gasteiger partial charge on any atom is 0.261 e. The minimum absolute atomic E-state index is 0.0169. The van der Waals surface area contributed by atoms with Gasteiger partial charge in [0.25, 0.3) is 5.56 Å². The summed E-state index contributed by atoms with van der Waals surface area (Å²) in [7, 11) is 0. The Morgan fingerprint density at radius 2 is 1.90 bits per heavy atom. The number of rotatable bonds is 6. The summed E-state index contributed by atoms with van der Waals surface area (Å²) < 4.78 is 1.37. The molecule has 2 amide bonds. The molecule has 1 fully saturated rings. The van der Waals surface area contributed by atoms with Gasteiger partial charge in [-0.05, 0) is 31.9 Å². The molecule has 0 radical (unpaired) electrons. The number of carbonyl (C=O) groups is 2. The van der Waals surface area contributed by atoms with Gasteiger partial charge in [-0.1, -0.05) is 19.1 Å². The van der Waals surface area contributed by atoms with E-state index in [0.29, 0.717) is 43.6 Å². The second kappa shape index (κ2) is 9.17. The molecular formula is C21H29N5O3. The minimum atomic E-state index is -0.201. The molecule has 1 saturated heterocycles. The summed E-state index contributed by atoms with van der Waals surface area (Å²) in [6, 6.07) is 5.64. The van der Waals surface area contributed by atoms with Crippen molar-refractivity contribution in [2.45, 2.75) is 39.8 Å². The maximum atomic E-state index is 12.7. The van der Waals surface area contributed by atoms with E-state index in [9.17, 15) is 14.4 Å². The number of piperazine rings is 1. The molecule has 3 rings (SSSR count). The van der Waals surface area contributed by atoms with Gasteiger partial charge in [-0.3, -0.25) is 23.9 Å². The van der Waals surface area contributed by atoms with Crippen LogP contribution >= 0.6 is 0 Å². The van der Waals surface area contributed by atoms with Crippen molar-refractivity contribution in [2.24, 2.45) is 0 Å². The summed E-state index contributed by atoms with van der Waals surface area (Å²) in [6.45, 7) is 8.63. The van der Waals surface area contributed by atoms with Gasteiger partial charge in [0.15, 0.2) is 0 Å². The van der Waals surface area contributed by atoms with Crippen LogP contribution in [0.4, 0.5) is 0 Å². The van der Waals surface area contributed by atoms with Crippen molar-refractivity contribution in [3.05, 3.63) is 40.4 Å². The number of aryl methyl sites for hydroxylation is 1. The summed E-state index contributed by atoms with van der Waals surface area (Å²) in [5, 5.41) is 3.49. The number of fused-ring (bicyclic) bond motifs is 1. The van der Waals surface area contributed by atoms with Crippen LogP contribution in [-0.2, 0) is 16.1 Å². The largest absolute Gasteiger partial charge is 0.353 e. The molecular weight excluding hydrogens is 370 g/mol. The average molecular weight is 399 g/mol. The van der Waals surface area contributed by atoms with Crippen molar-refractivity contribution in [3.63, 3.8) is 0 Å².